The molecule has 0 amide bonds. The Morgan fingerprint density at radius 2 is 1.84 bits per heavy atom. The van der Waals surface area contributed by atoms with Crippen molar-refractivity contribution in [1.29, 1.82) is 0 Å². The summed E-state index contributed by atoms with van der Waals surface area (Å²) in [5, 5.41) is -0.0827. The Balaban J connectivity index is 2.09. The number of carbonyl (C=O) groups is 1. The largest absolute Gasteiger partial charge is 0.416 e. The van der Waals surface area contributed by atoms with Crippen molar-refractivity contribution in [3.8, 4) is 0 Å². The molecule has 3 rings (SSSR count). The third kappa shape index (κ3) is 4.68. The molecule has 1 aromatic heterocycles. The van der Waals surface area contributed by atoms with E-state index in [1.54, 1.807) is 0 Å². The maximum absolute atomic E-state index is 14.2. The first kappa shape index (κ1) is 23.5. The van der Waals surface area contributed by atoms with E-state index in [0.29, 0.717) is 6.07 Å². The summed E-state index contributed by atoms with van der Waals surface area (Å²) in [6.45, 7) is 1.18. The molecule has 0 bridgehead atoms. The summed E-state index contributed by atoms with van der Waals surface area (Å²) in [7, 11) is -4.61. The van der Waals surface area contributed by atoms with E-state index in [1.807, 2.05) is 4.72 Å². The summed E-state index contributed by atoms with van der Waals surface area (Å²) >= 11 is 5.85. The van der Waals surface area contributed by atoms with Crippen LogP contribution in [0.3, 0.4) is 0 Å². The van der Waals surface area contributed by atoms with Gasteiger partial charge < -0.3 is 5.73 Å². The Bertz CT molecular complexity index is 1310. The van der Waals surface area contributed by atoms with Crippen molar-refractivity contribution < 1.29 is 30.8 Å². The minimum Gasteiger partial charge on any atom is -0.398 e. The van der Waals surface area contributed by atoms with Crippen LogP contribution in [0.25, 0.3) is 0 Å². The number of aryl methyl sites for hydroxylation is 1. The molecule has 3 aromatic rings. The lowest BCUT2D eigenvalue weighted by Gasteiger charge is -2.15. The third-order valence-electron chi connectivity index (χ3n) is 4.41. The van der Waals surface area contributed by atoms with Crippen molar-refractivity contribution in [1.82, 2.24) is 4.98 Å². The van der Waals surface area contributed by atoms with Crippen LogP contribution >= 0.6 is 11.6 Å². The van der Waals surface area contributed by atoms with Gasteiger partial charge in [-0.25, -0.2) is 17.8 Å². The zero-order chi connectivity index (χ0) is 23.8. The molecule has 0 spiro atoms. The van der Waals surface area contributed by atoms with Crippen molar-refractivity contribution in [2.45, 2.75) is 18.0 Å². The van der Waals surface area contributed by atoms with Gasteiger partial charge in [0.05, 0.1) is 26.7 Å². The zero-order valence-electron chi connectivity index (χ0n) is 16.2. The van der Waals surface area contributed by atoms with E-state index in [9.17, 15) is 30.8 Å². The molecule has 0 aliphatic rings. The van der Waals surface area contributed by atoms with Crippen LogP contribution in [0.4, 0.5) is 28.9 Å². The quantitative estimate of drug-likeness (QED) is 0.305. The average Bonchev–Trinajstić information content (AvgIpc) is 2.66. The molecule has 0 unspecified atom stereocenters. The predicted octanol–water partition coefficient (Wildman–Crippen LogP) is 4.82. The third-order valence-corrected chi connectivity index (χ3v) is 5.98. The Morgan fingerprint density at radius 1 is 1.16 bits per heavy atom. The summed E-state index contributed by atoms with van der Waals surface area (Å²) in [4.78, 5) is 15.9. The first-order valence-electron chi connectivity index (χ1n) is 8.76. The standard InChI is InChI=1S/C20H14ClF4N3O3S/c1-10-5-6-12(8-13(10)20(23,24)25)32(30,31)28-16-7-11(21)9-27-18(16)19(29)17-14(22)3-2-4-15(17)26/h2-9,28H,26H2,1H3. The van der Waals surface area contributed by atoms with E-state index < -0.39 is 55.2 Å². The van der Waals surface area contributed by atoms with Crippen molar-refractivity contribution in [3.05, 3.63) is 81.9 Å². The normalized spacial score (nSPS) is 11.9. The predicted molar refractivity (Wildman–Crippen MR) is 110 cm³/mol. The molecule has 0 aliphatic heterocycles. The fraction of sp³-hybridized carbons (Fsp3) is 0.100. The van der Waals surface area contributed by atoms with Crippen molar-refractivity contribution >= 4 is 38.8 Å². The van der Waals surface area contributed by atoms with E-state index in [0.717, 1.165) is 30.5 Å². The van der Waals surface area contributed by atoms with E-state index in [-0.39, 0.29) is 16.3 Å². The minimum atomic E-state index is -4.78. The van der Waals surface area contributed by atoms with Crippen LogP contribution in [-0.4, -0.2) is 19.2 Å². The van der Waals surface area contributed by atoms with Crippen molar-refractivity contribution in [2.75, 3.05) is 10.5 Å². The highest BCUT2D eigenvalue weighted by Gasteiger charge is 2.34. The number of nitrogens with two attached hydrogens (primary N) is 1. The summed E-state index contributed by atoms with van der Waals surface area (Å²) in [5.41, 5.74) is 2.60. The summed E-state index contributed by atoms with van der Waals surface area (Å²) in [6, 6.07) is 6.98. The summed E-state index contributed by atoms with van der Waals surface area (Å²) < 4.78 is 81.4. The summed E-state index contributed by atoms with van der Waals surface area (Å²) in [5.74, 6) is -2.01. The average molecular weight is 488 g/mol. The lowest BCUT2D eigenvalue weighted by Crippen LogP contribution is -2.19. The van der Waals surface area contributed by atoms with Gasteiger partial charge in [0.15, 0.2) is 0 Å². The minimum absolute atomic E-state index is 0.0827. The number of pyridine rings is 1. The molecule has 0 aliphatic carbocycles. The van der Waals surface area contributed by atoms with Crippen LogP contribution in [0.5, 0.6) is 0 Å². The van der Waals surface area contributed by atoms with Gasteiger partial charge in [0.2, 0.25) is 5.78 Å². The number of nitrogens with zero attached hydrogens (tertiary/aromatic N) is 1. The number of alkyl halides is 3. The number of halogens is 5. The number of sulfonamides is 1. The number of nitrogen functional groups attached to an aromatic ring is 1. The second-order valence-electron chi connectivity index (χ2n) is 6.66. The number of hydrogen-bond donors (Lipinski definition) is 2. The van der Waals surface area contributed by atoms with E-state index in [2.05, 4.69) is 4.98 Å². The number of carbonyl (C=O) groups excluding carboxylic acids is 1. The molecule has 2 aromatic carbocycles. The Hall–Kier alpha value is -3.18. The van der Waals surface area contributed by atoms with Crippen LogP contribution in [0.2, 0.25) is 5.02 Å². The van der Waals surface area contributed by atoms with E-state index in [1.165, 1.54) is 19.1 Å². The zero-order valence-corrected chi connectivity index (χ0v) is 17.7. The number of hydrogen-bond acceptors (Lipinski definition) is 5. The molecule has 0 saturated carbocycles. The maximum Gasteiger partial charge on any atom is 0.416 e. The first-order chi connectivity index (χ1) is 14.8. The lowest BCUT2D eigenvalue weighted by atomic mass is 10.0. The maximum atomic E-state index is 14.2. The monoisotopic (exact) mass is 487 g/mol. The summed E-state index contributed by atoms with van der Waals surface area (Å²) in [6.07, 6.45) is -3.76. The lowest BCUT2D eigenvalue weighted by molar-refractivity contribution is -0.138. The van der Waals surface area contributed by atoms with Gasteiger partial charge in [-0.1, -0.05) is 23.7 Å². The van der Waals surface area contributed by atoms with Gasteiger partial charge in [-0.2, -0.15) is 13.2 Å². The molecule has 32 heavy (non-hydrogen) atoms. The highest BCUT2D eigenvalue weighted by Crippen LogP contribution is 2.34. The Kier molecular flexibility index (Phi) is 6.16. The molecular weight excluding hydrogens is 474 g/mol. The molecule has 0 fully saturated rings. The van der Waals surface area contributed by atoms with Crippen LogP contribution in [0, 0.1) is 12.7 Å². The molecule has 0 radical (unpaired) electrons. The number of nitrogens with one attached hydrogen (secondary N) is 1. The van der Waals surface area contributed by atoms with Gasteiger partial charge in [-0.15, -0.1) is 0 Å². The van der Waals surface area contributed by atoms with E-state index in [4.69, 9.17) is 17.3 Å². The number of ketones is 1. The van der Waals surface area contributed by atoms with Crippen LogP contribution in [0.1, 0.15) is 27.2 Å². The van der Waals surface area contributed by atoms with Crippen LogP contribution < -0.4 is 10.5 Å². The molecule has 0 atom stereocenters. The molecule has 1 heterocycles. The van der Waals surface area contributed by atoms with Gasteiger partial charge in [-0.3, -0.25) is 9.52 Å². The molecular formula is C20H14ClF4N3O3S. The Morgan fingerprint density at radius 3 is 2.47 bits per heavy atom. The van der Waals surface area contributed by atoms with Gasteiger partial charge in [0.25, 0.3) is 10.0 Å². The fourth-order valence-corrected chi connectivity index (χ4v) is 4.12. The second-order valence-corrected chi connectivity index (χ2v) is 8.78. The first-order valence-corrected chi connectivity index (χ1v) is 10.6. The fourth-order valence-electron chi connectivity index (χ4n) is 2.87. The van der Waals surface area contributed by atoms with Crippen molar-refractivity contribution in [3.63, 3.8) is 0 Å². The van der Waals surface area contributed by atoms with Gasteiger partial charge in [-0.05, 0) is 42.8 Å². The molecule has 3 N–H and O–H groups in total. The highest BCUT2D eigenvalue weighted by molar-refractivity contribution is 7.92. The van der Waals surface area contributed by atoms with E-state index >= 15 is 0 Å². The van der Waals surface area contributed by atoms with Crippen molar-refractivity contribution in [2.24, 2.45) is 0 Å². The Labute approximate surface area is 185 Å². The van der Waals surface area contributed by atoms with Crippen LogP contribution in [-0.2, 0) is 16.2 Å². The second kappa shape index (κ2) is 8.40. The van der Waals surface area contributed by atoms with Gasteiger partial charge in [0.1, 0.15) is 11.5 Å². The number of rotatable bonds is 5. The molecule has 168 valence electrons. The number of aromatic nitrogens is 1. The topological polar surface area (TPSA) is 102 Å². The van der Waals surface area contributed by atoms with Gasteiger partial charge >= 0.3 is 6.18 Å². The number of benzene rings is 2. The SMILES string of the molecule is Cc1ccc(S(=O)(=O)Nc2cc(Cl)cnc2C(=O)c2c(N)cccc2F)cc1C(F)(F)F. The number of anilines is 2. The van der Waals surface area contributed by atoms with Gasteiger partial charge in [0, 0.05) is 11.9 Å². The molecule has 0 saturated heterocycles. The van der Waals surface area contributed by atoms with Crippen LogP contribution in [0.15, 0.2) is 53.6 Å². The molecule has 6 nitrogen and oxygen atoms in total. The smallest absolute Gasteiger partial charge is 0.398 e. The highest BCUT2D eigenvalue weighted by atomic mass is 35.5. The molecule has 12 heteroatoms.